The van der Waals surface area contributed by atoms with E-state index in [1.807, 2.05) is 31.2 Å². The number of methoxy groups -OCH3 is 1. The number of esters is 1. The Morgan fingerprint density at radius 2 is 2.00 bits per heavy atom. The van der Waals surface area contributed by atoms with E-state index < -0.39 is 5.97 Å². The third kappa shape index (κ3) is 2.94. The Balaban J connectivity index is 2.54. The zero-order valence-corrected chi connectivity index (χ0v) is 12.2. The van der Waals surface area contributed by atoms with E-state index in [9.17, 15) is 4.79 Å². The van der Waals surface area contributed by atoms with Crippen molar-refractivity contribution >= 4 is 11.8 Å². The minimum absolute atomic E-state index is 0.0932. The third-order valence-electron chi connectivity index (χ3n) is 2.94. The number of nitrogens with two attached hydrogens (primary N) is 1. The molecule has 2 aromatic rings. The van der Waals surface area contributed by atoms with E-state index in [1.54, 1.807) is 6.92 Å². The largest absolute Gasteiger partial charge is 0.493 e. The normalized spacial score (nSPS) is 10.2. The van der Waals surface area contributed by atoms with Gasteiger partial charge in [0, 0.05) is 0 Å². The van der Waals surface area contributed by atoms with Gasteiger partial charge in [-0.05, 0) is 26.0 Å². The molecule has 2 N–H and O–H groups in total. The molecule has 1 aromatic carbocycles. The first-order chi connectivity index (χ1) is 10.1. The molecule has 0 bridgehead atoms. The Bertz CT molecular complexity index is 648. The van der Waals surface area contributed by atoms with Crippen LogP contribution in [0.15, 0.2) is 24.3 Å². The van der Waals surface area contributed by atoms with Crippen LogP contribution in [-0.4, -0.2) is 29.7 Å². The van der Waals surface area contributed by atoms with Crippen molar-refractivity contribution in [1.82, 2.24) is 9.97 Å². The van der Waals surface area contributed by atoms with E-state index in [2.05, 4.69) is 14.7 Å². The second kappa shape index (κ2) is 6.21. The number of nitrogen functional groups attached to an aromatic ring is 1. The van der Waals surface area contributed by atoms with E-state index in [0.29, 0.717) is 23.9 Å². The second-order valence-corrected chi connectivity index (χ2v) is 4.31. The molecule has 0 radical (unpaired) electrons. The van der Waals surface area contributed by atoms with Crippen LogP contribution >= 0.6 is 0 Å². The summed E-state index contributed by atoms with van der Waals surface area (Å²) in [7, 11) is 1.29. The van der Waals surface area contributed by atoms with E-state index in [0.717, 1.165) is 5.56 Å². The van der Waals surface area contributed by atoms with Crippen molar-refractivity contribution in [3.63, 3.8) is 0 Å². The van der Waals surface area contributed by atoms with Gasteiger partial charge in [0.1, 0.15) is 17.1 Å². The van der Waals surface area contributed by atoms with Gasteiger partial charge in [-0.25, -0.2) is 14.8 Å². The van der Waals surface area contributed by atoms with Gasteiger partial charge in [0.2, 0.25) is 0 Å². The number of carbonyl (C=O) groups excluding carboxylic acids is 1. The van der Waals surface area contributed by atoms with Crippen LogP contribution in [0.5, 0.6) is 5.75 Å². The molecule has 0 unspecified atom stereocenters. The summed E-state index contributed by atoms with van der Waals surface area (Å²) in [6, 6.07) is 7.41. The molecular weight excluding hydrogens is 270 g/mol. The summed E-state index contributed by atoms with van der Waals surface area (Å²) < 4.78 is 10.2. The first-order valence-electron chi connectivity index (χ1n) is 6.53. The monoisotopic (exact) mass is 287 g/mol. The SMILES string of the molecule is CCOc1ccccc1-c1nc(C)c(C(=O)OC)c(N)n1. The topological polar surface area (TPSA) is 87.3 Å². The smallest absolute Gasteiger partial charge is 0.343 e. The zero-order valence-electron chi connectivity index (χ0n) is 12.2. The van der Waals surface area contributed by atoms with Crippen molar-refractivity contribution in [1.29, 1.82) is 0 Å². The first-order valence-corrected chi connectivity index (χ1v) is 6.53. The fourth-order valence-corrected chi connectivity index (χ4v) is 2.00. The molecule has 0 spiro atoms. The van der Waals surface area contributed by atoms with Gasteiger partial charge in [0.25, 0.3) is 0 Å². The van der Waals surface area contributed by atoms with Crippen LogP contribution in [0, 0.1) is 6.92 Å². The number of carbonyl (C=O) groups is 1. The van der Waals surface area contributed by atoms with Crippen LogP contribution in [0.1, 0.15) is 23.0 Å². The molecule has 6 heteroatoms. The van der Waals surface area contributed by atoms with Crippen LogP contribution in [-0.2, 0) is 4.74 Å². The maximum absolute atomic E-state index is 11.7. The van der Waals surface area contributed by atoms with Crippen molar-refractivity contribution in [2.24, 2.45) is 0 Å². The summed E-state index contributed by atoms with van der Waals surface area (Å²) >= 11 is 0. The van der Waals surface area contributed by atoms with Crippen molar-refractivity contribution in [3.05, 3.63) is 35.5 Å². The Labute approximate surface area is 122 Å². The number of aryl methyl sites for hydroxylation is 1. The van der Waals surface area contributed by atoms with Crippen LogP contribution in [0.2, 0.25) is 0 Å². The maximum Gasteiger partial charge on any atom is 0.343 e. The molecule has 0 aliphatic rings. The predicted molar refractivity (Wildman–Crippen MR) is 79.1 cm³/mol. The molecule has 1 heterocycles. The average molecular weight is 287 g/mol. The zero-order chi connectivity index (χ0) is 15.4. The number of ether oxygens (including phenoxy) is 2. The highest BCUT2D eigenvalue weighted by Gasteiger charge is 2.19. The van der Waals surface area contributed by atoms with Gasteiger partial charge in [-0.1, -0.05) is 12.1 Å². The number of hydrogen-bond acceptors (Lipinski definition) is 6. The molecule has 0 fully saturated rings. The Morgan fingerprint density at radius 1 is 1.29 bits per heavy atom. The summed E-state index contributed by atoms with van der Waals surface area (Å²) in [5.74, 6) is 0.636. The molecule has 110 valence electrons. The lowest BCUT2D eigenvalue weighted by Gasteiger charge is -2.12. The van der Waals surface area contributed by atoms with Crippen LogP contribution < -0.4 is 10.5 Å². The lowest BCUT2D eigenvalue weighted by atomic mass is 10.1. The highest BCUT2D eigenvalue weighted by molar-refractivity contribution is 5.95. The lowest BCUT2D eigenvalue weighted by Crippen LogP contribution is -2.12. The van der Waals surface area contributed by atoms with Crippen LogP contribution in [0.25, 0.3) is 11.4 Å². The number of para-hydroxylation sites is 1. The Hall–Kier alpha value is -2.63. The molecule has 6 nitrogen and oxygen atoms in total. The second-order valence-electron chi connectivity index (χ2n) is 4.31. The van der Waals surface area contributed by atoms with E-state index in [-0.39, 0.29) is 11.4 Å². The lowest BCUT2D eigenvalue weighted by molar-refractivity contribution is 0.0600. The summed E-state index contributed by atoms with van der Waals surface area (Å²) in [4.78, 5) is 20.2. The summed E-state index contributed by atoms with van der Waals surface area (Å²) in [5.41, 5.74) is 7.25. The van der Waals surface area contributed by atoms with Crippen molar-refractivity contribution in [2.45, 2.75) is 13.8 Å². The minimum atomic E-state index is -0.547. The molecule has 0 saturated carbocycles. The third-order valence-corrected chi connectivity index (χ3v) is 2.94. The van der Waals surface area contributed by atoms with Crippen molar-refractivity contribution in [2.75, 3.05) is 19.5 Å². The quantitative estimate of drug-likeness (QED) is 0.867. The van der Waals surface area contributed by atoms with Gasteiger partial charge in [0.15, 0.2) is 5.82 Å². The van der Waals surface area contributed by atoms with Crippen LogP contribution in [0.3, 0.4) is 0 Å². The summed E-state index contributed by atoms with van der Waals surface area (Å²) in [6.45, 7) is 4.13. The number of nitrogens with zero attached hydrogens (tertiary/aromatic N) is 2. The van der Waals surface area contributed by atoms with E-state index in [1.165, 1.54) is 7.11 Å². The van der Waals surface area contributed by atoms with Crippen LogP contribution in [0.4, 0.5) is 5.82 Å². The van der Waals surface area contributed by atoms with Crippen molar-refractivity contribution in [3.8, 4) is 17.1 Å². The molecule has 0 atom stereocenters. The highest BCUT2D eigenvalue weighted by Crippen LogP contribution is 2.29. The Kier molecular flexibility index (Phi) is 4.37. The molecular formula is C15H17N3O3. The number of anilines is 1. The average Bonchev–Trinajstić information content (AvgIpc) is 2.47. The molecule has 0 saturated heterocycles. The minimum Gasteiger partial charge on any atom is -0.493 e. The number of aromatic nitrogens is 2. The molecule has 0 aliphatic carbocycles. The summed E-state index contributed by atoms with van der Waals surface area (Å²) in [5, 5.41) is 0. The Morgan fingerprint density at radius 3 is 2.62 bits per heavy atom. The highest BCUT2D eigenvalue weighted by atomic mass is 16.5. The maximum atomic E-state index is 11.7. The van der Waals surface area contributed by atoms with Gasteiger partial charge in [-0.2, -0.15) is 0 Å². The van der Waals surface area contributed by atoms with Gasteiger partial charge < -0.3 is 15.2 Å². The fourth-order valence-electron chi connectivity index (χ4n) is 2.00. The fraction of sp³-hybridized carbons (Fsp3) is 0.267. The number of benzene rings is 1. The first kappa shape index (κ1) is 14.8. The number of rotatable bonds is 4. The van der Waals surface area contributed by atoms with E-state index >= 15 is 0 Å². The van der Waals surface area contributed by atoms with Crippen molar-refractivity contribution < 1.29 is 14.3 Å². The predicted octanol–water partition coefficient (Wildman–Crippen LogP) is 2.22. The van der Waals surface area contributed by atoms with Gasteiger partial charge in [-0.15, -0.1) is 0 Å². The molecule has 0 aliphatic heterocycles. The molecule has 21 heavy (non-hydrogen) atoms. The van der Waals surface area contributed by atoms with E-state index in [4.69, 9.17) is 10.5 Å². The standard InChI is InChI=1S/C15H17N3O3/c1-4-21-11-8-6-5-7-10(11)14-17-9(2)12(13(16)18-14)15(19)20-3/h5-8H,4H2,1-3H3,(H2,16,17,18). The summed E-state index contributed by atoms with van der Waals surface area (Å²) in [6.07, 6.45) is 0. The molecule has 2 rings (SSSR count). The molecule has 1 aromatic heterocycles. The van der Waals surface area contributed by atoms with Gasteiger partial charge >= 0.3 is 5.97 Å². The van der Waals surface area contributed by atoms with Gasteiger partial charge in [0.05, 0.1) is 25.0 Å². The molecule has 0 amide bonds. The van der Waals surface area contributed by atoms with Gasteiger partial charge in [-0.3, -0.25) is 0 Å². The number of hydrogen-bond donors (Lipinski definition) is 1.